The second-order valence-corrected chi connectivity index (χ2v) is 14.5. The van der Waals surface area contributed by atoms with Gasteiger partial charge in [-0.3, -0.25) is 4.99 Å². The average molecular weight is 557 g/mol. The number of benzene rings is 1. The van der Waals surface area contributed by atoms with Crippen molar-refractivity contribution in [1.29, 1.82) is 0 Å². The first-order valence-corrected chi connectivity index (χ1v) is 14.3. The predicted octanol–water partition coefficient (Wildman–Crippen LogP) is 5.62. The molecular formula is C27H41FN2O7S. The molecule has 9 nitrogen and oxygen atoms in total. The van der Waals surface area contributed by atoms with Crippen LogP contribution in [-0.2, 0) is 29.6 Å². The summed E-state index contributed by atoms with van der Waals surface area (Å²) in [6, 6.07) is 5.67. The van der Waals surface area contributed by atoms with E-state index in [1.165, 1.54) is 32.0 Å². The summed E-state index contributed by atoms with van der Waals surface area (Å²) in [4.78, 5) is 32.0. The molecule has 0 unspecified atom stereocenters. The highest BCUT2D eigenvalue weighted by Gasteiger charge is 2.56. The van der Waals surface area contributed by atoms with Crippen LogP contribution in [0, 0.1) is 5.82 Å². The molecule has 1 heterocycles. The molecule has 0 N–H and O–H groups in total. The van der Waals surface area contributed by atoms with E-state index >= 15 is 4.39 Å². The van der Waals surface area contributed by atoms with E-state index in [4.69, 9.17) is 14.2 Å². The number of imide groups is 1. The molecule has 0 aromatic heterocycles. The number of carbonyl (C=O) groups is 2. The van der Waals surface area contributed by atoms with Gasteiger partial charge in [-0.2, -0.15) is 4.90 Å². The van der Waals surface area contributed by atoms with Crippen LogP contribution in [0.5, 0.6) is 0 Å². The van der Waals surface area contributed by atoms with E-state index < -0.39 is 60.9 Å². The lowest BCUT2D eigenvalue weighted by molar-refractivity contribution is 0.0136. The lowest BCUT2D eigenvalue weighted by atomic mass is 9.91. The number of halogens is 1. The largest absolute Gasteiger partial charge is 0.443 e. The van der Waals surface area contributed by atoms with E-state index in [9.17, 15) is 18.0 Å². The molecule has 0 fully saturated rings. The van der Waals surface area contributed by atoms with Crippen molar-refractivity contribution in [2.75, 3.05) is 19.0 Å². The van der Waals surface area contributed by atoms with Crippen molar-refractivity contribution in [2.45, 2.75) is 96.6 Å². The summed E-state index contributed by atoms with van der Waals surface area (Å²) in [5.74, 6) is -1.72. The van der Waals surface area contributed by atoms with E-state index in [2.05, 4.69) is 4.99 Å². The van der Waals surface area contributed by atoms with E-state index in [-0.39, 0.29) is 12.2 Å². The maximum Gasteiger partial charge on any atom is 0.425 e. The fourth-order valence-electron chi connectivity index (χ4n) is 3.80. The van der Waals surface area contributed by atoms with Crippen molar-refractivity contribution in [3.63, 3.8) is 0 Å². The zero-order valence-electron chi connectivity index (χ0n) is 23.9. The molecule has 2 amide bonds. The molecule has 0 saturated carbocycles. The van der Waals surface area contributed by atoms with Crippen molar-refractivity contribution in [3.05, 3.63) is 35.6 Å². The van der Waals surface area contributed by atoms with Crippen LogP contribution in [0.25, 0.3) is 0 Å². The minimum absolute atomic E-state index is 0.0265. The number of hydrogen-bond donors (Lipinski definition) is 0. The SMILES string of the molecule is CCCCOC[C@@]1(c2ccccc2F)CS(=O)(=O)C(C)(C)C(N(C(=O)OC(C)(C)C)C(=O)OC(C)(C)C)=N1. The van der Waals surface area contributed by atoms with Crippen molar-refractivity contribution in [1.82, 2.24) is 4.90 Å². The van der Waals surface area contributed by atoms with Crippen LogP contribution in [0.3, 0.4) is 0 Å². The number of amides is 2. The predicted molar refractivity (Wildman–Crippen MR) is 143 cm³/mol. The van der Waals surface area contributed by atoms with Crippen LogP contribution in [-0.4, -0.2) is 66.3 Å². The Hall–Kier alpha value is -2.53. The Morgan fingerprint density at radius 1 is 1.03 bits per heavy atom. The third-order valence-corrected chi connectivity index (χ3v) is 8.38. The highest BCUT2D eigenvalue weighted by Crippen LogP contribution is 2.40. The fraction of sp³-hybridized carbons (Fsp3) is 0.667. The summed E-state index contributed by atoms with van der Waals surface area (Å²) in [5.41, 5.74) is -3.85. The van der Waals surface area contributed by atoms with E-state index in [0.717, 1.165) is 6.42 Å². The van der Waals surface area contributed by atoms with Gasteiger partial charge in [-0.05, 0) is 67.9 Å². The van der Waals surface area contributed by atoms with Gasteiger partial charge in [0, 0.05) is 12.2 Å². The van der Waals surface area contributed by atoms with Crippen molar-refractivity contribution < 1.29 is 36.6 Å². The molecule has 1 aliphatic heterocycles. The summed E-state index contributed by atoms with van der Waals surface area (Å²) in [5, 5.41) is 0. The molecule has 11 heteroatoms. The molecule has 1 aliphatic rings. The molecule has 0 spiro atoms. The van der Waals surface area contributed by atoms with Gasteiger partial charge in [-0.25, -0.2) is 22.4 Å². The van der Waals surface area contributed by atoms with Gasteiger partial charge in [0.15, 0.2) is 9.84 Å². The van der Waals surface area contributed by atoms with Gasteiger partial charge in [-0.15, -0.1) is 0 Å². The van der Waals surface area contributed by atoms with Crippen LogP contribution in [0.4, 0.5) is 14.0 Å². The van der Waals surface area contributed by atoms with Gasteiger partial charge in [0.1, 0.15) is 33.1 Å². The number of sulfone groups is 1. The molecule has 0 bridgehead atoms. The molecule has 1 atom stereocenters. The molecule has 1 aromatic carbocycles. The average Bonchev–Trinajstić information content (AvgIpc) is 2.72. The zero-order valence-corrected chi connectivity index (χ0v) is 24.7. The summed E-state index contributed by atoms with van der Waals surface area (Å²) in [7, 11) is -4.16. The standard InChI is InChI=1S/C27H41FN2O7S/c1-10-11-16-35-17-27(19-14-12-13-15-20(19)28)18-38(33,34)26(8,9)21(29-27)30(22(31)36-24(2,3)4)23(32)37-25(5,6)7/h12-15H,10-11,16-18H2,1-9H3/t27-/m0/s1. The summed E-state index contributed by atoms with van der Waals surface area (Å²) >= 11 is 0. The summed E-state index contributed by atoms with van der Waals surface area (Å²) < 4.78 is 57.8. The lowest BCUT2D eigenvalue weighted by Gasteiger charge is -2.43. The quantitative estimate of drug-likeness (QED) is 0.418. The van der Waals surface area contributed by atoms with Crippen LogP contribution in [0.2, 0.25) is 0 Å². The zero-order chi connectivity index (χ0) is 29.2. The number of carbonyl (C=O) groups excluding carboxylic acids is 2. The van der Waals surface area contributed by atoms with Gasteiger partial charge in [0.2, 0.25) is 0 Å². The molecule has 0 aliphatic carbocycles. The van der Waals surface area contributed by atoms with Gasteiger partial charge in [0.05, 0.1) is 12.4 Å². The number of unbranched alkanes of at least 4 members (excludes halogenated alkanes) is 1. The molecule has 38 heavy (non-hydrogen) atoms. The highest BCUT2D eigenvalue weighted by atomic mass is 32.2. The Balaban J connectivity index is 2.87. The number of amidine groups is 1. The molecular weight excluding hydrogens is 515 g/mol. The molecule has 0 radical (unpaired) electrons. The van der Waals surface area contributed by atoms with Gasteiger partial charge < -0.3 is 14.2 Å². The van der Waals surface area contributed by atoms with Crippen molar-refractivity contribution in [3.8, 4) is 0 Å². The van der Waals surface area contributed by atoms with Gasteiger partial charge in [-0.1, -0.05) is 31.5 Å². The molecule has 1 aromatic rings. The number of nitrogens with zero attached hydrogens (tertiary/aromatic N) is 2. The van der Waals surface area contributed by atoms with Crippen LogP contribution in [0.15, 0.2) is 29.3 Å². The van der Waals surface area contributed by atoms with E-state index in [1.54, 1.807) is 47.6 Å². The summed E-state index contributed by atoms with van der Waals surface area (Å²) in [6.07, 6.45) is -0.795. The molecule has 2 rings (SSSR count). The first-order chi connectivity index (χ1) is 17.3. The Morgan fingerprint density at radius 2 is 1.55 bits per heavy atom. The normalized spacial score (nSPS) is 20.8. The van der Waals surface area contributed by atoms with Gasteiger partial charge >= 0.3 is 12.2 Å². The Labute approximate surface area is 225 Å². The number of rotatable bonds is 6. The maximum atomic E-state index is 15.2. The van der Waals surface area contributed by atoms with Gasteiger partial charge in [0.25, 0.3) is 0 Å². The molecule has 214 valence electrons. The smallest absolute Gasteiger partial charge is 0.425 e. The van der Waals surface area contributed by atoms with Crippen molar-refractivity contribution >= 4 is 27.9 Å². The van der Waals surface area contributed by atoms with E-state index in [0.29, 0.717) is 17.9 Å². The Kier molecular flexibility index (Phi) is 9.42. The van der Waals surface area contributed by atoms with Crippen LogP contribution >= 0.6 is 0 Å². The van der Waals surface area contributed by atoms with Crippen LogP contribution < -0.4 is 0 Å². The number of hydrogen-bond acceptors (Lipinski definition) is 8. The first-order valence-electron chi connectivity index (χ1n) is 12.7. The third-order valence-electron chi connectivity index (χ3n) is 5.79. The Bertz CT molecular complexity index is 1140. The second-order valence-electron chi connectivity index (χ2n) is 11.9. The highest BCUT2D eigenvalue weighted by molar-refractivity contribution is 7.93. The summed E-state index contributed by atoms with van der Waals surface area (Å²) in [6.45, 7) is 14.3. The fourth-order valence-corrected chi connectivity index (χ4v) is 5.51. The maximum absolute atomic E-state index is 15.2. The lowest BCUT2D eigenvalue weighted by Crippen LogP contribution is -2.62. The Morgan fingerprint density at radius 3 is 2.03 bits per heavy atom. The topological polar surface area (TPSA) is 112 Å². The van der Waals surface area contributed by atoms with E-state index in [1.807, 2.05) is 6.92 Å². The second kappa shape index (κ2) is 11.3. The minimum atomic E-state index is -4.16. The van der Waals surface area contributed by atoms with Crippen LogP contribution in [0.1, 0.15) is 80.7 Å². The van der Waals surface area contributed by atoms with Crippen molar-refractivity contribution in [2.24, 2.45) is 4.99 Å². The minimum Gasteiger partial charge on any atom is -0.443 e. The first kappa shape index (κ1) is 31.7. The monoisotopic (exact) mass is 556 g/mol. The number of ether oxygens (including phenoxy) is 3. The molecule has 0 saturated heterocycles. The number of aliphatic imine (C=N–C) groups is 1. The third kappa shape index (κ3) is 7.31.